The van der Waals surface area contributed by atoms with Gasteiger partial charge in [-0.1, -0.05) is 13.8 Å². The van der Waals surface area contributed by atoms with Crippen molar-refractivity contribution in [1.29, 1.82) is 0 Å². The molecule has 0 saturated heterocycles. The fraction of sp³-hybridized carbons (Fsp3) is 0.750. The minimum atomic E-state index is 0.219. The van der Waals surface area contributed by atoms with Crippen LogP contribution in [0.1, 0.15) is 33.6 Å². The molecule has 2 N–H and O–H groups in total. The van der Waals surface area contributed by atoms with Crippen LogP contribution in [-0.4, -0.2) is 22.9 Å². The summed E-state index contributed by atoms with van der Waals surface area (Å²) in [6.45, 7) is 8.76. The van der Waals surface area contributed by atoms with E-state index < -0.39 is 0 Å². The monoisotopic (exact) mass is 225 g/mol. The van der Waals surface area contributed by atoms with Crippen molar-refractivity contribution in [3.63, 3.8) is 0 Å². The Morgan fingerprint density at radius 3 is 2.81 bits per heavy atom. The molecule has 92 valence electrons. The topological polar surface area (TPSA) is 53.1 Å². The van der Waals surface area contributed by atoms with Crippen molar-refractivity contribution in [2.24, 2.45) is 11.1 Å². The highest BCUT2D eigenvalue weighted by atomic mass is 16.5. The van der Waals surface area contributed by atoms with Gasteiger partial charge in [0.2, 0.25) is 0 Å². The van der Waals surface area contributed by atoms with Crippen LogP contribution in [0.2, 0.25) is 0 Å². The molecule has 0 aliphatic carbocycles. The van der Waals surface area contributed by atoms with E-state index in [-0.39, 0.29) is 5.41 Å². The maximum Gasteiger partial charge on any atom is 0.157 e. The summed E-state index contributed by atoms with van der Waals surface area (Å²) >= 11 is 0. The average Bonchev–Trinajstić information content (AvgIpc) is 2.72. The second-order valence-corrected chi connectivity index (χ2v) is 4.85. The summed E-state index contributed by atoms with van der Waals surface area (Å²) in [7, 11) is 0. The van der Waals surface area contributed by atoms with Gasteiger partial charge in [-0.15, -0.1) is 0 Å². The number of hydrogen-bond acceptors (Lipinski definition) is 3. The third-order valence-electron chi connectivity index (χ3n) is 2.75. The molecule has 0 amide bonds. The number of rotatable bonds is 7. The number of nitrogens with zero attached hydrogens (tertiary/aromatic N) is 2. The fourth-order valence-corrected chi connectivity index (χ4v) is 1.43. The number of aromatic nitrogens is 2. The zero-order chi connectivity index (χ0) is 12.0. The molecule has 0 radical (unpaired) electrons. The number of hydrogen-bond donors (Lipinski definition) is 1. The van der Waals surface area contributed by atoms with E-state index in [0.717, 1.165) is 38.3 Å². The molecule has 16 heavy (non-hydrogen) atoms. The summed E-state index contributed by atoms with van der Waals surface area (Å²) in [4.78, 5) is 0. The van der Waals surface area contributed by atoms with Gasteiger partial charge < -0.3 is 10.5 Å². The largest absolute Gasteiger partial charge is 0.490 e. The van der Waals surface area contributed by atoms with Crippen LogP contribution in [0.25, 0.3) is 0 Å². The van der Waals surface area contributed by atoms with E-state index in [4.69, 9.17) is 10.5 Å². The minimum absolute atomic E-state index is 0.219. The summed E-state index contributed by atoms with van der Waals surface area (Å²) in [5.74, 6) is 0.854. The lowest BCUT2D eigenvalue weighted by Gasteiger charge is -2.21. The molecule has 1 heterocycles. The average molecular weight is 225 g/mol. The Labute approximate surface area is 97.8 Å². The molecule has 0 fully saturated rings. The standard InChI is InChI=1S/C12H23N3O/c1-4-15-9-11(8-14-15)16-7-5-6-12(2,3)10-13/h8-9H,4-7,10,13H2,1-3H3. The SMILES string of the molecule is CCn1cc(OCCCC(C)(C)CN)cn1. The van der Waals surface area contributed by atoms with Crippen molar-refractivity contribution in [1.82, 2.24) is 9.78 Å². The Morgan fingerprint density at radius 1 is 1.50 bits per heavy atom. The van der Waals surface area contributed by atoms with E-state index in [1.54, 1.807) is 6.20 Å². The first-order chi connectivity index (χ1) is 7.57. The summed E-state index contributed by atoms with van der Waals surface area (Å²) in [6.07, 6.45) is 5.80. The molecule has 0 spiro atoms. The smallest absolute Gasteiger partial charge is 0.157 e. The molecule has 1 rings (SSSR count). The summed E-state index contributed by atoms with van der Waals surface area (Å²) in [6, 6.07) is 0. The molecule has 4 nitrogen and oxygen atoms in total. The van der Waals surface area contributed by atoms with Gasteiger partial charge in [-0.25, -0.2) is 0 Å². The van der Waals surface area contributed by atoms with Crippen molar-refractivity contribution < 1.29 is 4.74 Å². The summed E-state index contributed by atoms with van der Waals surface area (Å²) in [5, 5.41) is 4.15. The Kier molecular flexibility index (Phi) is 4.80. The number of nitrogens with two attached hydrogens (primary N) is 1. The molecule has 0 aliphatic heterocycles. The van der Waals surface area contributed by atoms with Crippen LogP contribution in [0.15, 0.2) is 12.4 Å². The lowest BCUT2D eigenvalue weighted by Crippen LogP contribution is -2.23. The van der Waals surface area contributed by atoms with Gasteiger partial charge in [0.05, 0.1) is 19.0 Å². The molecule has 1 aromatic heterocycles. The highest BCUT2D eigenvalue weighted by Crippen LogP contribution is 2.20. The van der Waals surface area contributed by atoms with E-state index in [9.17, 15) is 0 Å². The van der Waals surface area contributed by atoms with Crippen LogP contribution in [0.3, 0.4) is 0 Å². The third kappa shape index (κ3) is 4.23. The van der Waals surface area contributed by atoms with Gasteiger partial charge in [-0.05, 0) is 31.7 Å². The second kappa shape index (κ2) is 5.89. The molecule has 0 saturated carbocycles. The zero-order valence-electron chi connectivity index (χ0n) is 10.6. The Morgan fingerprint density at radius 2 is 2.25 bits per heavy atom. The van der Waals surface area contributed by atoms with Crippen molar-refractivity contribution in [2.45, 2.75) is 40.2 Å². The first-order valence-corrected chi connectivity index (χ1v) is 5.93. The lowest BCUT2D eigenvalue weighted by atomic mass is 9.88. The van der Waals surface area contributed by atoms with Crippen molar-refractivity contribution in [3.8, 4) is 5.75 Å². The van der Waals surface area contributed by atoms with Crippen LogP contribution in [0.5, 0.6) is 5.75 Å². The predicted molar refractivity (Wildman–Crippen MR) is 65.5 cm³/mol. The van der Waals surface area contributed by atoms with Gasteiger partial charge in [0.25, 0.3) is 0 Å². The Hall–Kier alpha value is -1.03. The van der Waals surface area contributed by atoms with Gasteiger partial charge in [0.1, 0.15) is 0 Å². The van der Waals surface area contributed by atoms with E-state index in [1.165, 1.54) is 0 Å². The van der Waals surface area contributed by atoms with Crippen LogP contribution >= 0.6 is 0 Å². The number of ether oxygens (including phenoxy) is 1. The first-order valence-electron chi connectivity index (χ1n) is 5.93. The highest BCUT2D eigenvalue weighted by Gasteiger charge is 2.14. The van der Waals surface area contributed by atoms with Crippen LogP contribution in [0, 0.1) is 5.41 Å². The van der Waals surface area contributed by atoms with Crippen molar-refractivity contribution >= 4 is 0 Å². The van der Waals surface area contributed by atoms with Crippen LogP contribution in [0.4, 0.5) is 0 Å². The molecule has 1 aromatic rings. The molecule has 0 aromatic carbocycles. The van der Waals surface area contributed by atoms with Crippen LogP contribution < -0.4 is 10.5 Å². The summed E-state index contributed by atoms with van der Waals surface area (Å²) in [5.41, 5.74) is 5.89. The van der Waals surface area contributed by atoms with E-state index in [0.29, 0.717) is 0 Å². The highest BCUT2D eigenvalue weighted by molar-refractivity contribution is 5.11. The molecular weight excluding hydrogens is 202 g/mol. The normalized spacial score (nSPS) is 11.8. The summed E-state index contributed by atoms with van der Waals surface area (Å²) < 4.78 is 7.46. The molecule has 4 heteroatoms. The molecular formula is C12H23N3O. The molecule has 0 atom stereocenters. The third-order valence-corrected chi connectivity index (χ3v) is 2.75. The van der Waals surface area contributed by atoms with Crippen LogP contribution in [-0.2, 0) is 6.54 Å². The van der Waals surface area contributed by atoms with Crippen molar-refractivity contribution in [3.05, 3.63) is 12.4 Å². The van der Waals surface area contributed by atoms with E-state index in [1.807, 2.05) is 10.9 Å². The number of aryl methyl sites for hydroxylation is 1. The molecule has 0 unspecified atom stereocenters. The Bertz CT molecular complexity index is 307. The second-order valence-electron chi connectivity index (χ2n) is 4.85. The zero-order valence-corrected chi connectivity index (χ0v) is 10.6. The van der Waals surface area contributed by atoms with E-state index in [2.05, 4.69) is 25.9 Å². The Balaban J connectivity index is 2.20. The van der Waals surface area contributed by atoms with Gasteiger partial charge in [-0.2, -0.15) is 5.10 Å². The van der Waals surface area contributed by atoms with E-state index >= 15 is 0 Å². The minimum Gasteiger partial charge on any atom is -0.490 e. The first kappa shape index (κ1) is 13.0. The van der Waals surface area contributed by atoms with Gasteiger partial charge in [-0.3, -0.25) is 4.68 Å². The molecule has 0 aliphatic rings. The van der Waals surface area contributed by atoms with Crippen molar-refractivity contribution in [2.75, 3.05) is 13.2 Å². The maximum absolute atomic E-state index is 5.67. The lowest BCUT2D eigenvalue weighted by molar-refractivity contribution is 0.261. The predicted octanol–water partition coefficient (Wildman–Crippen LogP) is 2.05. The quantitative estimate of drug-likeness (QED) is 0.722. The van der Waals surface area contributed by atoms with Gasteiger partial charge in [0, 0.05) is 6.54 Å². The fourth-order valence-electron chi connectivity index (χ4n) is 1.43. The maximum atomic E-state index is 5.67. The molecule has 0 bridgehead atoms. The van der Waals surface area contributed by atoms with Gasteiger partial charge >= 0.3 is 0 Å². The van der Waals surface area contributed by atoms with Gasteiger partial charge in [0.15, 0.2) is 5.75 Å².